The van der Waals surface area contributed by atoms with Gasteiger partial charge in [-0.25, -0.2) is 0 Å². The highest BCUT2D eigenvalue weighted by Crippen LogP contribution is 2.23. The fourth-order valence-electron chi connectivity index (χ4n) is 8.50. The minimum atomic E-state index is -1.58. The highest BCUT2D eigenvalue weighted by atomic mass is 16.7. The topological polar surface area (TPSA) is 175 Å². The second kappa shape index (κ2) is 46.3. The summed E-state index contributed by atoms with van der Waals surface area (Å²) >= 11 is 0. The second-order valence-electron chi connectivity index (χ2n) is 19.3. The lowest BCUT2D eigenvalue weighted by Crippen LogP contribution is -2.60. The molecule has 0 radical (unpaired) electrons. The number of hydrogen-bond acceptors (Lipinski definition) is 10. The third kappa shape index (κ3) is 36.5. The van der Waals surface area contributed by atoms with E-state index in [0.29, 0.717) is 25.9 Å². The number of nitrogens with one attached hydrogen (secondary N) is 1. The van der Waals surface area contributed by atoms with E-state index in [4.69, 9.17) is 14.2 Å². The molecule has 0 aromatic rings. The summed E-state index contributed by atoms with van der Waals surface area (Å²) in [6.07, 6.45) is 45.4. The molecule has 1 saturated heterocycles. The zero-order valence-electron chi connectivity index (χ0n) is 42.9. The van der Waals surface area contributed by atoms with Crippen molar-refractivity contribution in [1.82, 2.24) is 5.32 Å². The van der Waals surface area contributed by atoms with E-state index >= 15 is 0 Å². The lowest BCUT2D eigenvalue weighted by atomic mass is 9.99. The van der Waals surface area contributed by atoms with Gasteiger partial charge in [-0.15, -0.1) is 0 Å². The molecule has 7 atom stereocenters. The van der Waals surface area contributed by atoms with Crippen molar-refractivity contribution in [2.45, 2.75) is 288 Å². The summed E-state index contributed by atoms with van der Waals surface area (Å²) in [6.45, 7) is 4.19. The standard InChI is InChI=1S/C56H103NO10/c1-3-5-7-9-11-13-14-15-16-17-18-19-20-24-28-32-36-40-44-52(61)65-45-41-37-33-29-25-22-21-23-27-31-35-39-43-51(60)57-48(49(59)42-38-34-30-26-12-10-8-6-4-2)47-66-56-55(64)54(63)53(62)50(46-58)67-56/h12,22,25-26,38,42,48-50,53-56,58-59,62-64H,3-11,13-21,23-24,27-37,39-41,43-47H2,1-2H3,(H,57,60)/b25-22-,26-12+,42-38+. The van der Waals surface area contributed by atoms with Gasteiger partial charge in [-0.3, -0.25) is 9.59 Å². The molecule has 0 saturated carbocycles. The first kappa shape index (κ1) is 62.9. The van der Waals surface area contributed by atoms with Crippen molar-refractivity contribution in [2.75, 3.05) is 19.8 Å². The maximum absolute atomic E-state index is 12.9. The van der Waals surface area contributed by atoms with Crippen LogP contribution in [0.3, 0.4) is 0 Å². The largest absolute Gasteiger partial charge is 0.466 e. The SMILES string of the molecule is CCCCC/C=C/CC/C=C/C(O)C(COC1OC(CO)C(O)C(O)C1O)NC(=O)CCCCCCC/C=C\CCCCCOC(=O)CCCCCCCCCCCCCCCCCCCC. The van der Waals surface area contributed by atoms with E-state index in [1.54, 1.807) is 6.08 Å². The Morgan fingerprint density at radius 2 is 0.970 bits per heavy atom. The van der Waals surface area contributed by atoms with Gasteiger partial charge < -0.3 is 45.1 Å². The van der Waals surface area contributed by atoms with Crippen LogP contribution in [-0.4, -0.2) is 100 Å². The summed E-state index contributed by atoms with van der Waals surface area (Å²) in [4.78, 5) is 25.1. The van der Waals surface area contributed by atoms with Crippen LogP contribution < -0.4 is 5.32 Å². The van der Waals surface area contributed by atoms with Crippen LogP contribution in [0.15, 0.2) is 36.5 Å². The predicted molar refractivity (Wildman–Crippen MR) is 274 cm³/mol. The maximum atomic E-state index is 12.9. The first-order chi connectivity index (χ1) is 32.7. The number of esters is 1. The van der Waals surface area contributed by atoms with E-state index in [-0.39, 0.29) is 18.5 Å². The Hall–Kier alpha value is -2.12. The molecule has 1 rings (SSSR count). The zero-order chi connectivity index (χ0) is 48.8. The van der Waals surface area contributed by atoms with Crippen LogP contribution in [0.25, 0.3) is 0 Å². The van der Waals surface area contributed by atoms with Gasteiger partial charge >= 0.3 is 5.97 Å². The molecule has 1 aliphatic rings. The van der Waals surface area contributed by atoms with Crippen molar-refractivity contribution in [3.05, 3.63) is 36.5 Å². The van der Waals surface area contributed by atoms with E-state index in [9.17, 15) is 35.1 Å². The fraction of sp³-hybridized carbons (Fsp3) is 0.857. The molecule has 11 heteroatoms. The highest BCUT2D eigenvalue weighted by Gasteiger charge is 2.44. The molecule has 0 aromatic heterocycles. The molecular weight excluding hydrogens is 847 g/mol. The Kier molecular flexibility index (Phi) is 43.4. The zero-order valence-corrected chi connectivity index (χ0v) is 42.9. The number of rotatable bonds is 47. The van der Waals surface area contributed by atoms with E-state index in [2.05, 4.69) is 43.5 Å². The average molecular weight is 950 g/mol. The summed E-state index contributed by atoms with van der Waals surface area (Å²) in [7, 11) is 0. The minimum Gasteiger partial charge on any atom is -0.466 e. The third-order valence-corrected chi connectivity index (χ3v) is 13.0. The number of aliphatic hydroxyl groups excluding tert-OH is 5. The van der Waals surface area contributed by atoms with Crippen molar-refractivity contribution in [3.63, 3.8) is 0 Å². The van der Waals surface area contributed by atoms with E-state index in [1.807, 2.05) is 6.08 Å². The number of aliphatic hydroxyl groups is 5. The lowest BCUT2D eigenvalue weighted by molar-refractivity contribution is -0.302. The Labute approximate surface area is 409 Å². The molecule has 1 fully saturated rings. The molecule has 1 heterocycles. The Balaban J connectivity index is 2.10. The number of ether oxygens (including phenoxy) is 3. The van der Waals surface area contributed by atoms with Gasteiger partial charge in [0.2, 0.25) is 5.91 Å². The Bertz CT molecular complexity index is 1210. The van der Waals surface area contributed by atoms with Crippen LogP contribution in [-0.2, 0) is 23.8 Å². The molecule has 0 spiro atoms. The maximum Gasteiger partial charge on any atom is 0.305 e. The van der Waals surface area contributed by atoms with Gasteiger partial charge in [-0.05, 0) is 77.0 Å². The number of carbonyl (C=O) groups is 2. The van der Waals surface area contributed by atoms with Crippen molar-refractivity contribution < 1.29 is 49.3 Å². The molecular formula is C56H103NO10. The average Bonchev–Trinajstić information content (AvgIpc) is 3.32. The normalized spacial score (nSPS) is 19.8. The van der Waals surface area contributed by atoms with Gasteiger partial charge in [0.1, 0.15) is 24.4 Å². The number of unbranched alkanes of at least 4 members (excludes halogenated alkanes) is 29. The van der Waals surface area contributed by atoms with Crippen LogP contribution in [0, 0.1) is 0 Å². The van der Waals surface area contributed by atoms with E-state index in [1.165, 1.54) is 122 Å². The van der Waals surface area contributed by atoms with Gasteiger partial charge in [-0.2, -0.15) is 0 Å². The number of carbonyl (C=O) groups excluding carboxylic acids is 2. The van der Waals surface area contributed by atoms with Crippen LogP contribution in [0.2, 0.25) is 0 Å². The smallest absolute Gasteiger partial charge is 0.305 e. The summed E-state index contributed by atoms with van der Waals surface area (Å²) in [5.74, 6) is -0.265. The quantitative estimate of drug-likeness (QED) is 0.0196. The van der Waals surface area contributed by atoms with E-state index < -0.39 is 49.5 Å². The Morgan fingerprint density at radius 3 is 1.51 bits per heavy atom. The molecule has 0 bridgehead atoms. The molecule has 1 amide bonds. The van der Waals surface area contributed by atoms with Crippen molar-refractivity contribution in [2.24, 2.45) is 0 Å². The molecule has 0 aliphatic carbocycles. The molecule has 7 unspecified atom stereocenters. The fourth-order valence-corrected chi connectivity index (χ4v) is 8.50. The van der Waals surface area contributed by atoms with Crippen LogP contribution in [0.5, 0.6) is 0 Å². The van der Waals surface area contributed by atoms with Gasteiger partial charge in [0.25, 0.3) is 0 Å². The molecule has 392 valence electrons. The first-order valence-electron chi connectivity index (χ1n) is 27.8. The van der Waals surface area contributed by atoms with Gasteiger partial charge in [-0.1, -0.05) is 192 Å². The number of allylic oxidation sites excluding steroid dienone is 5. The van der Waals surface area contributed by atoms with E-state index in [0.717, 1.165) is 89.9 Å². The highest BCUT2D eigenvalue weighted by molar-refractivity contribution is 5.76. The third-order valence-electron chi connectivity index (χ3n) is 13.0. The summed E-state index contributed by atoms with van der Waals surface area (Å²) in [5, 5.41) is 54.0. The number of hydrogen-bond donors (Lipinski definition) is 6. The van der Waals surface area contributed by atoms with Crippen molar-refractivity contribution in [1.29, 1.82) is 0 Å². The van der Waals surface area contributed by atoms with Crippen LogP contribution >= 0.6 is 0 Å². The van der Waals surface area contributed by atoms with Crippen molar-refractivity contribution in [3.8, 4) is 0 Å². The number of amides is 1. The molecule has 6 N–H and O–H groups in total. The predicted octanol–water partition coefficient (Wildman–Crippen LogP) is 11.9. The summed E-state index contributed by atoms with van der Waals surface area (Å²) < 4.78 is 16.6. The summed E-state index contributed by atoms with van der Waals surface area (Å²) in [6, 6.07) is -0.844. The molecule has 0 aromatic carbocycles. The van der Waals surface area contributed by atoms with Gasteiger partial charge in [0.15, 0.2) is 6.29 Å². The van der Waals surface area contributed by atoms with Crippen molar-refractivity contribution >= 4 is 11.9 Å². The second-order valence-corrected chi connectivity index (χ2v) is 19.3. The van der Waals surface area contributed by atoms with Gasteiger partial charge in [0, 0.05) is 12.8 Å². The summed E-state index contributed by atoms with van der Waals surface area (Å²) in [5.41, 5.74) is 0. The Morgan fingerprint density at radius 1 is 0.537 bits per heavy atom. The van der Waals surface area contributed by atoms with Gasteiger partial charge in [0.05, 0.1) is 32.0 Å². The van der Waals surface area contributed by atoms with Crippen LogP contribution in [0.4, 0.5) is 0 Å². The monoisotopic (exact) mass is 950 g/mol. The molecule has 11 nitrogen and oxygen atoms in total. The first-order valence-corrected chi connectivity index (χ1v) is 27.8. The van der Waals surface area contributed by atoms with Crippen LogP contribution in [0.1, 0.15) is 245 Å². The minimum absolute atomic E-state index is 0.0444. The molecule has 67 heavy (non-hydrogen) atoms. The lowest BCUT2D eigenvalue weighted by Gasteiger charge is -2.40. The molecule has 1 aliphatic heterocycles.